The van der Waals surface area contributed by atoms with Gasteiger partial charge in [0.05, 0.1) is 6.42 Å². The highest BCUT2D eigenvalue weighted by Gasteiger charge is 2.24. The van der Waals surface area contributed by atoms with Crippen molar-refractivity contribution in [2.75, 3.05) is 13.1 Å². The third-order valence-electron chi connectivity index (χ3n) is 3.80. The number of benzene rings is 1. The fraction of sp³-hybridized carbons (Fsp3) is 0.533. The first-order valence-corrected chi connectivity index (χ1v) is 6.76. The lowest BCUT2D eigenvalue weighted by atomic mass is 9.86. The van der Waals surface area contributed by atoms with Crippen molar-refractivity contribution in [3.8, 4) is 0 Å². The first-order valence-electron chi connectivity index (χ1n) is 6.76. The number of carboxylic acids is 1. The second kappa shape index (κ2) is 6.01. The van der Waals surface area contributed by atoms with Crippen LogP contribution in [-0.4, -0.2) is 29.1 Å². The molecule has 1 aromatic rings. The van der Waals surface area contributed by atoms with Crippen LogP contribution < -0.4 is 0 Å². The first-order chi connectivity index (χ1) is 8.72. The van der Waals surface area contributed by atoms with Gasteiger partial charge < -0.3 is 5.11 Å². The second-order valence-corrected chi connectivity index (χ2v) is 4.88. The summed E-state index contributed by atoms with van der Waals surface area (Å²) in [5.41, 5.74) is 2.83. The fourth-order valence-corrected chi connectivity index (χ4v) is 2.88. The van der Waals surface area contributed by atoms with Crippen molar-refractivity contribution in [2.45, 2.75) is 38.6 Å². The summed E-state index contributed by atoms with van der Waals surface area (Å²) in [7, 11) is 0. The van der Waals surface area contributed by atoms with E-state index in [0.717, 1.165) is 19.4 Å². The van der Waals surface area contributed by atoms with Crippen molar-refractivity contribution in [1.82, 2.24) is 4.90 Å². The first kappa shape index (κ1) is 13.1. The molecule has 0 heterocycles. The third kappa shape index (κ3) is 2.91. The average Bonchev–Trinajstić information content (AvgIpc) is 2.39. The Labute approximate surface area is 108 Å². The Balaban J connectivity index is 2.14. The molecule has 3 heteroatoms. The fourth-order valence-electron chi connectivity index (χ4n) is 2.88. The molecule has 0 saturated heterocycles. The van der Waals surface area contributed by atoms with Crippen LogP contribution in [0.3, 0.4) is 0 Å². The van der Waals surface area contributed by atoms with Gasteiger partial charge in [0.1, 0.15) is 0 Å². The van der Waals surface area contributed by atoms with Crippen LogP contribution in [0.4, 0.5) is 0 Å². The molecule has 1 aliphatic carbocycles. The van der Waals surface area contributed by atoms with Crippen LogP contribution in [-0.2, 0) is 11.2 Å². The van der Waals surface area contributed by atoms with Crippen LogP contribution in [0.2, 0.25) is 0 Å². The van der Waals surface area contributed by atoms with E-state index in [9.17, 15) is 4.79 Å². The highest BCUT2D eigenvalue weighted by molar-refractivity contribution is 5.66. The Morgan fingerprint density at radius 2 is 2.22 bits per heavy atom. The molecular formula is C15H21NO2. The van der Waals surface area contributed by atoms with Gasteiger partial charge in [-0.1, -0.05) is 31.2 Å². The summed E-state index contributed by atoms with van der Waals surface area (Å²) in [6.45, 7) is 3.66. The smallest absolute Gasteiger partial charge is 0.304 e. The Kier molecular flexibility index (Phi) is 4.37. The van der Waals surface area contributed by atoms with E-state index in [0.29, 0.717) is 12.6 Å². The maximum Gasteiger partial charge on any atom is 0.304 e. The van der Waals surface area contributed by atoms with E-state index in [4.69, 9.17) is 5.11 Å². The van der Waals surface area contributed by atoms with Gasteiger partial charge in [-0.05, 0) is 36.9 Å². The molecule has 0 saturated carbocycles. The minimum absolute atomic E-state index is 0.229. The molecule has 0 amide bonds. The minimum atomic E-state index is -0.711. The summed E-state index contributed by atoms with van der Waals surface area (Å²) in [6.07, 6.45) is 3.73. The molecule has 0 bridgehead atoms. The normalized spacial score (nSPS) is 18.7. The van der Waals surface area contributed by atoms with Crippen molar-refractivity contribution in [1.29, 1.82) is 0 Å². The molecule has 2 rings (SSSR count). The lowest BCUT2D eigenvalue weighted by Crippen LogP contribution is -2.33. The number of carbonyl (C=O) groups is 1. The number of fused-ring (bicyclic) bond motifs is 1. The lowest BCUT2D eigenvalue weighted by Gasteiger charge is -2.35. The van der Waals surface area contributed by atoms with Crippen molar-refractivity contribution < 1.29 is 9.90 Å². The van der Waals surface area contributed by atoms with Gasteiger partial charge >= 0.3 is 5.97 Å². The monoisotopic (exact) mass is 247 g/mol. The molecule has 0 aliphatic heterocycles. The Morgan fingerprint density at radius 1 is 1.44 bits per heavy atom. The molecule has 0 aromatic heterocycles. The van der Waals surface area contributed by atoms with E-state index >= 15 is 0 Å². The lowest BCUT2D eigenvalue weighted by molar-refractivity contribution is -0.137. The van der Waals surface area contributed by atoms with Gasteiger partial charge in [-0.15, -0.1) is 0 Å². The van der Waals surface area contributed by atoms with E-state index < -0.39 is 5.97 Å². The number of carboxylic acid groups (broad SMARTS) is 1. The maximum absolute atomic E-state index is 10.7. The van der Waals surface area contributed by atoms with Crippen molar-refractivity contribution in [3.63, 3.8) is 0 Å². The predicted octanol–water partition coefficient (Wildman–Crippen LogP) is 2.86. The average molecular weight is 247 g/mol. The third-order valence-corrected chi connectivity index (χ3v) is 3.80. The molecule has 1 aliphatic rings. The van der Waals surface area contributed by atoms with Gasteiger partial charge in [0, 0.05) is 12.6 Å². The summed E-state index contributed by atoms with van der Waals surface area (Å²) in [6, 6.07) is 8.98. The second-order valence-electron chi connectivity index (χ2n) is 4.88. The highest BCUT2D eigenvalue weighted by Crippen LogP contribution is 2.33. The summed E-state index contributed by atoms with van der Waals surface area (Å²) >= 11 is 0. The molecule has 3 nitrogen and oxygen atoms in total. The molecule has 1 N–H and O–H groups in total. The number of hydrogen-bond donors (Lipinski definition) is 1. The van der Waals surface area contributed by atoms with Gasteiger partial charge in [-0.3, -0.25) is 9.69 Å². The van der Waals surface area contributed by atoms with Crippen molar-refractivity contribution in [3.05, 3.63) is 35.4 Å². The van der Waals surface area contributed by atoms with Crippen molar-refractivity contribution >= 4 is 5.97 Å². The summed E-state index contributed by atoms with van der Waals surface area (Å²) in [4.78, 5) is 13.0. The van der Waals surface area contributed by atoms with E-state index in [1.165, 1.54) is 17.5 Å². The van der Waals surface area contributed by atoms with Gasteiger partial charge in [-0.2, -0.15) is 0 Å². The zero-order valence-electron chi connectivity index (χ0n) is 10.9. The molecule has 1 unspecified atom stereocenters. The quantitative estimate of drug-likeness (QED) is 0.869. The maximum atomic E-state index is 10.7. The van der Waals surface area contributed by atoms with Crippen LogP contribution >= 0.6 is 0 Å². The Bertz CT molecular complexity index is 417. The standard InChI is InChI=1S/C15H21NO2/c1-2-16(11-10-15(17)18)14-9-5-7-12-6-3-4-8-13(12)14/h3-4,6,8,14H,2,5,7,9-11H2,1H3,(H,17,18). The van der Waals surface area contributed by atoms with Gasteiger partial charge in [0.25, 0.3) is 0 Å². The van der Waals surface area contributed by atoms with Crippen LogP contribution in [0.1, 0.15) is 43.4 Å². The largest absolute Gasteiger partial charge is 0.481 e. The zero-order chi connectivity index (χ0) is 13.0. The molecule has 0 spiro atoms. The van der Waals surface area contributed by atoms with E-state index in [1.807, 2.05) is 0 Å². The number of aryl methyl sites for hydroxylation is 1. The van der Waals surface area contributed by atoms with Crippen LogP contribution in [0.25, 0.3) is 0 Å². The Hall–Kier alpha value is -1.35. The van der Waals surface area contributed by atoms with E-state index in [-0.39, 0.29) is 6.42 Å². The molecule has 1 aromatic carbocycles. The van der Waals surface area contributed by atoms with Gasteiger partial charge in [0.15, 0.2) is 0 Å². The van der Waals surface area contributed by atoms with Crippen molar-refractivity contribution in [2.24, 2.45) is 0 Å². The van der Waals surface area contributed by atoms with E-state index in [2.05, 4.69) is 36.1 Å². The van der Waals surface area contributed by atoms with Crippen LogP contribution in [0, 0.1) is 0 Å². The van der Waals surface area contributed by atoms with E-state index in [1.54, 1.807) is 0 Å². The Morgan fingerprint density at radius 3 is 2.94 bits per heavy atom. The zero-order valence-corrected chi connectivity index (χ0v) is 10.9. The number of hydrogen-bond acceptors (Lipinski definition) is 2. The van der Waals surface area contributed by atoms with Gasteiger partial charge in [0.2, 0.25) is 0 Å². The number of aliphatic carboxylic acids is 1. The highest BCUT2D eigenvalue weighted by atomic mass is 16.4. The topological polar surface area (TPSA) is 40.5 Å². The molecule has 0 fully saturated rings. The number of rotatable bonds is 5. The summed E-state index contributed by atoms with van der Waals surface area (Å²) < 4.78 is 0. The summed E-state index contributed by atoms with van der Waals surface area (Å²) in [5.74, 6) is -0.711. The summed E-state index contributed by atoms with van der Waals surface area (Å²) in [5, 5.41) is 8.82. The molecule has 0 radical (unpaired) electrons. The number of nitrogens with zero attached hydrogens (tertiary/aromatic N) is 1. The SMILES string of the molecule is CCN(CCC(=O)O)C1CCCc2ccccc21. The van der Waals surface area contributed by atoms with Crippen LogP contribution in [0.15, 0.2) is 24.3 Å². The molecule has 18 heavy (non-hydrogen) atoms. The predicted molar refractivity (Wildman–Crippen MR) is 71.6 cm³/mol. The minimum Gasteiger partial charge on any atom is -0.481 e. The molecule has 98 valence electrons. The molecule has 1 atom stereocenters. The molecular weight excluding hydrogens is 226 g/mol. The van der Waals surface area contributed by atoms with Gasteiger partial charge in [-0.25, -0.2) is 0 Å². The van der Waals surface area contributed by atoms with Crippen LogP contribution in [0.5, 0.6) is 0 Å².